The lowest BCUT2D eigenvalue weighted by Gasteiger charge is -2.29. The largest absolute Gasteiger partial charge is 0.387 e. The van der Waals surface area contributed by atoms with E-state index in [1.807, 2.05) is 36.4 Å². The van der Waals surface area contributed by atoms with Crippen LogP contribution in [-0.4, -0.2) is 24.5 Å². The van der Waals surface area contributed by atoms with E-state index in [0.29, 0.717) is 5.56 Å². The summed E-state index contributed by atoms with van der Waals surface area (Å²) >= 11 is 0. The summed E-state index contributed by atoms with van der Waals surface area (Å²) < 4.78 is 22.5. The minimum Gasteiger partial charge on any atom is -0.387 e. The van der Waals surface area contributed by atoms with Gasteiger partial charge >= 0.3 is 0 Å². The SMILES string of the molecule is CC(C)(C(O)c1cccc2ccccc12)S(C)(=O)=O. The van der Waals surface area contributed by atoms with Crippen LogP contribution in [0.25, 0.3) is 10.8 Å². The highest BCUT2D eigenvalue weighted by molar-refractivity contribution is 7.92. The monoisotopic (exact) mass is 278 g/mol. The Morgan fingerprint density at radius 3 is 2.26 bits per heavy atom. The summed E-state index contributed by atoms with van der Waals surface area (Å²) in [5.74, 6) is 0. The smallest absolute Gasteiger partial charge is 0.155 e. The summed E-state index contributed by atoms with van der Waals surface area (Å²) in [5, 5.41) is 12.4. The van der Waals surface area contributed by atoms with Gasteiger partial charge in [0.2, 0.25) is 0 Å². The molecule has 1 atom stereocenters. The first kappa shape index (κ1) is 14.0. The number of hydrogen-bond donors (Lipinski definition) is 1. The predicted molar refractivity (Wildman–Crippen MR) is 77.8 cm³/mol. The van der Waals surface area contributed by atoms with E-state index in [2.05, 4.69) is 0 Å². The van der Waals surface area contributed by atoms with Crippen molar-refractivity contribution in [1.82, 2.24) is 0 Å². The molecule has 19 heavy (non-hydrogen) atoms. The van der Waals surface area contributed by atoms with Crippen molar-refractivity contribution in [2.75, 3.05) is 6.26 Å². The molecule has 2 aromatic rings. The van der Waals surface area contributed by atoms with E-state index in [4.69, 9.17) is 0 Å². The van der Waals surface area contributed by atoms with Crippen molar-refractivity contribution in [1.29, 1.82) is 0 Å². The molecule has 1 unspecified atom stereocenters. The lowest BCUT2D eigenvalue weighted by Crippen LogP contribution is -2.37. The Morgan fingerprint density at radius 1 is 1.05 bits per heavy atom. The molecule has 4 heteroatoms. The maximum Gasteiger partial charge on any atom is 0.155 e. The van der Waals surface area contributed by atoms with Crippen LogP contribution in [0.3, 0.4) is 0 Å². The van der Waals surface area contributed by atoms with Crippen LogP contribution in [0.5, 0.6) is 0 Å². The van der Waals surface area contributed by atoms with Gasteiger partial charge in [0, 0.05) is 6.26 Å². The van der Waals surface area contributed by atoms with E-state index in [1.165, 1.54) is 0 Å². The van der Waals surface area contributed by atoms with E-state index in [0.717, 1.165) is 17.0 Å². The van der Waals surface area contributed by atoms with Crippen molar-refractivity contribution in [3.63, 3.8) is 0 Å². The number of rotatable bonds is 3. The average molecular weight is 278 g/mol. The molecule has 0 heterocycles. The summed E-state index contributed by atoms with van der Waals surface area (Å²) in [4.78, 5) is 0. The number of fused-ring (bicyclic) bond motifs is 1. The molecule has 2 aromatic carbocycles. The van der Waals surface area contributed by atoms with Gasteiger partial charge in [-0.3, -0.25) is 0 Å². The summed E-state index contributed by atoms with van der Waals surface area (Å²) in [5.41, 5.74) is 0.647. The Morgan fingerprint density at radius 2 is 1.63 bits per heavy atom. The summed E-state index contributed by atoms with van der Waals surface area (Å²) in [6, 6.07) is 13.2. The molecular weight excluding hydrogens is 260 g/mol. The van der Waals surface area contributed by atoms with Crippen LogP contribution in [0.15, 0.2) is 42.5 Å². The first-order valence-electron chi connectivity index (χ1n) is 6.10. The van der Waals surface area contributed by atoms with Gasteiger partial charge in [-0.15, -0.1) is 0 Å². The van der Waals surface area contributed by atoms with Crippen LogP contribution in [0.2, 0.25) is 0 Å². The zero-order chi connectivity index (χ0) is 14.3. The zero-order valence-corrected chi connectivity index (χ0v) is 12.1. The van der Waals surface area contributed by atoms with Crippen LogP contribution in [-0.2, 0) is 9.84 Å². The third-order valence-electron chi connectivity index (χ3n) is 3.73. The summed E-state index contributed by atoms with van der Waals surface area (Å²) in [6.07, 6.45) is 0.0926. The summed E-state index contributed by atoms with van der Waals surface area (Å²) in [7, 11) is -3.37. The molecule has 0 fully saturated rings. The zero-order valence-electron chi connectivity index (χ0n) is 11.3. The molecule has 1 N–H and O–H groups in total. The molecule has 0 spiro atoms. The highest BCUT2D eigenvalue weighted by Crippen LogP contribution is 2.35. The van der Waals surface area contributed by atoms with Crippen molar-refractivity contribution in [2.24, 2.45) is 0 Å². The Hall–Kier alpha value is -1.39. The number of benzene rings is 2. The van der Waals surface area contributed by atoms with Gasteiger partial charge in [-0.05, 0) is 30.2 Å². The average Bonchev–Trinajstić information content (AvgIpc) is 2.36. The third kappa shape index (κ3) is 2.38. The van der Waals surface area contributed by atoms with Crippen LogP contribution in [0.1, 0.15) is 25.5 Å². The topological polar surface area (TPSA) is 54.4 Å². The minimum absolute atomic E-state index is 0.647. The van der Waals surface area contributed by atoms with E-state index in [9.17, 15) is 13.5 Å². The second-order valence-corrected chi connectivity index (χ2v) is 7.94. The molecule has 0 aromatic heterocycles. The van der Waals surface area contributed by atoms with Gasteiger partial charge in [-0.25, -0.2) is 8.42 Å². The molecule has 0 radical (unpaired) electrons. The molecule has 2 rings (SSSR count). The van der Waals surface area contributed by atoms with Gasteiger partial charge in [0.1, 0.15) is 0 Å². The number of sulfone groups is 1. The highest BCUT2D eigenvalue weighted by Gasteiger charge is 2.39. The predicted octanol–water partition coefficient (Wildman–Crippen LogP) is 2.70. The van der Waals surface area contributed by atoms with E-state index < -0.39 is 20.7 Å². The van der Waals surface area contributed by atoms with Gasteiger partial charge in [0.05, 0.1) is 10.9 Å². The summed E-state index contributed by atoms with van der Waals surface area (Å²) in [6.45, 7) is 3.10. The fraction of sp³-hybridized carbons (Fsp3) is 0.333. The van der Waals surface area contributed by atoms with E-state index in [1.54, 1.807) is 19.9 Å². The van der Waals surface area contributed by atoms with Gasteiger partial charge in [0.25, 0.3) is 0 Å². The normalized spacial score (nSPS) is 14.5. The molecule has 0 aliphatic heterocycles. The van der Waals surface area contributed by atoms with Crippen molar-refractivity contribution >= 4 is 20.6 Å². The number of aliphatic hydroxyl groups is 1. The van der Waals surface area contributed by atoms with Crippen LogP contribution < -0.4 is 0 Å². The Bertz CT molecular complexity index is 697. The van der Waals surface area contributed by atoms with Crippen molar-refractivity contribution in [3.05, 3.63) is 48.0 Å². The number of hydrogen-bond acceptors (Lipinski definition) is 3. The van der Waals surface area contributed by atoms with Crippen LogP contribution >= 0.6 is 0 Å². The molecule has 102 valence electrons. The Labute approximate surface area is 113 Å². The van der Waals surface area contributed by atoms with Crippen molar-refractivity contribution in [3.8, 4) is 0 Å². The molecule has 0 amide bonds. The lowest BCUT2D eigenvalue weighted by atomic mass is 9.93. The van der Waals surface area contributed by atoms with Crippen molar-refractivity contribution in [2.45, 2.75) is 24.7 Å². The molecule has 0 bridgehead atoms. The Kier molecular flexibility index (Phi) is 3.41. The maximum absolute atomic E-state index is 11.8. The molecule has 0 aliphatic rings. The fourth-order valence-corrected chi connectivity index (χ4v) is 2.60. The van der Waals surface area contributed by atoms with Crippen LogP contribution in [0, 0.1) is 0 Å². The molecule has 0 aliphatic carbocycles. The third-order valence-corrected chi connectivity index (χ3v) is 5.87. The lowest BCUT2D eigenvalue weighted by molar-refractivity contribution is 0.141. The maximum atomic E-state index is 11.8. The van der Waals surface area contributed by atoms with Crippen LogP contribution in [0.4, 0.5) is 0 Å². The van der Waals surface area contributed by atoms with E-state index >= 15 is 0 Å². The molecule has 3 nitrogen and oxygen atoms in total. The van der Waals surface area contributed by atoms with Gasteiger partial charge < -0.3 is 5.11 Å². The minimum atomic E-state index is -3.37. The molecular formula is C15H18O3S. The Balaban J connectivity index is 2.63. The molecule has 0 saturated heterocycles. The highest BCUT2D eigenvalue weighted by atomic mass is 32.2. The first-order valence-corrected chi connectivity index (χ1v) is 7.99. The number of aliphatic hydroxyl groups excluding tert-OH is 1. The quantitative estimate of drug-likeness (QED) is 0.939. The second kappa shape index (κ2) is 4.62. The first-order chi connectivity index (χ1) is 8.75. The van der Waals surface area contributed by atoms with Gasteiger partial charge in [-0.1, -0.05) is 42.5 Å². The van der Waals surface area contributed by atoms with Gasteiger partial charge in [0.15, 0.2) is 9.84 Å². The van der Waals surface area contributed by atoms with E-state index in [-0.39, 0.29) is 0 Å². The second-order valence-electron chi connectivity index (χ2n) is 5.35. The van der Waals surface area contributed by atoms with Crippen molar-refractivity contribution < 1.29 is 13.5 Å². The van der Waals surface area contributed by atoms with Gasteiger partial charge in [-0.2, -0.15) is 0 Å². The fourth-order valence-electron chi connectivity index (χ4n) is 2.07. The molecule has 0 saturated carbocycles. The standard InChI is InChI=1S/C15H18O3S/c1-15(2,19(3,17)18)14(16)13-10-6-8-11-7-4-5-9-12(11)13/h4-10,14,16H,1-3H3.